The Hall–Kier alpha value is -2.73. The van der Waals surface area contributed by atoms with E-state index in [1.807, 2.05) is 0 Å². The molecule has 1 amide bonds. The smallest absolute Gasteiger partial charge is 0.237 e. The first kappa shape index (κ1) is 18.1. The Morgan fingerprint density at radius 3 is 2.73 bits per heavy atom. The SMILES string of the molecule is CN(C)CC(=O)N1CC(c2cc(F)ccc2F)=C[C@H]1c1cccc(O)c1.[HH]. The zero-order valence-corrected chi connectivity index (χ0v) is 14.6. The number of amides is 1. The molecule has 1 aliphatic rings. The van der Waals surface area contributed by atoms with Gasteiger partial charge in [-0.15, -0.1) is 0 Å². The summed E-state index contributed by atoms with van der Waals surface area (Å²) >= 11 is 0. The fourth-order valence-electron chi connectivity index (χ4n) is 3.12. The number of hydrogen-bond acceptors (Lipinski definition) is 3. The van der Waals surface area contributed by atoms with Crippen molar-refractivity contribution in [2.45, 2.75) is 6.04 Å². The van der Waals surface area contributed by atoms with Crippen LogP contribution in [0.1, 0.15) is 18.6 Å². The number of nitrogens with zero attached hydrogens (tertiary/aromatic N) is 2. The van der Waals surface area contributed by atoms with Crippen molar-refractivity contribution in [2.75, 3.05) is 27.2 Å². The second-order valence-electron chi connectivity index (χ2n) is 6.62. The number of benzene rings is 2. The number of phenols is 1. The average molecular weight is 360 g/mol. The van der Waals surface area contributed by atoms with Crippen molar-refractivity contribution >= 4 is 11.5 Å². The first-order valence-electron chi connectivity index (χ1n) is 8.24. The van der Waals surface area contributed by atoms with Gasteiger partial charge in [0, 0.05) is 13.5 Å². The van der Waals surface area contributed by atoms with Crippen LogP contribution in [-0.2, 0) is 4.79 Å². The predicted octanol–water partition coefficient (Wildman–Crippen LogP) is 3.44. The molecule has 0 spiro atoms. The summed E-state index contributed by atoms with van der Waals surface area (Å²) in [5.41, 5.74) is 1.40. The molecule has 0 fully saturated rings. The molecule has 3 rings (SSSR count). The molecule has 4 nitrogen and oxygen atoms in total. The van der Waals surface area contributed by atoms with Crippen molar-refractivity contribution in [3.8, 4) is 5.75 Å². The molecule has 0 aromatic heterocycles. The van der Waals surface area contributed by atoms with Gasteiger partial charge >= 0.3 is 0 Å². The third-order valence-corrected chi connectivity index (χ3v) is 4.29. The monoisotopic (exact) mass is 360 g/mol. The number of rotatable bonds is 4. The summed E-state index contributed by atoms with van der Waals surface area (Å²) in [5, 5.41) is 9.77. The Bertz CT molecular complexity index is 871. The van der Waals surface area contributed by atoms with E-state index in [1.54, 1.807) is 54.2 Å². The Morgan fingerprint density at radius 1 is 1.27 bits per heavy atom. The molecule has 0 bridgehead atoms. The highest BCUT2D eigenvalue weighted by Crippen LogP contribution is 2.36. The number of carbonyl (C=O) groups excluding carboxylic acids is 1. The van der Waals surface area contributed by atoms with Crippen molar-refractivity contribution in [3.63, 3.8) is 0 Å². The highest BCUT2D eigenvalue weighted by Gasteiger charge is 2.31. The predicted molar refractivity (Wildman–Crippen MR) is 97.6 cm³/mol. The van der Waals surface area contributed by atoms with Crippen LogP contribution in [-0.4, -0.2) is 48.0 Å². The third kappa shape index (κ3) is 3.75. The van der Waals surface area contributed by atoms with E-state index in [0.717, 1.165) is 18.2 Å². The van der Waals surface area contributed by atoms with Gasteiger partial charge in [0.05, 0.1) is 12.6 Å². The van der Waals surface area contributed by atoms with Crippen LogP contribution in [0.25, 0.3) is 5.57 Å². The number of hydrogen-bond donors (Lipinski definition) is 1. The topological polar surface area (TPSA) is 43.8 Å². The fraction of sp³-hybridized carbons (Fsp3) is 0.250. The molecule has 138 valence electrons. The molecule has 0 aliphatic carbocycles. The maximum absolute atomic E-state index is 14.2. The molecular formula is C20H22F2N2O2. The van der Waals surface area contributed by atoms with Crippen LogP contribution in [0.15, 0.2) is 48.5 Å². The molecule has 1 heterocycles. The molecule has 6 heteroatoms. The molecule has 0 unspecified atom stereocenters. The lowest BCUT2D eigenvalue weighted by Crippen LogP contribution is -2.38. The number of aromatic hydroxyl groups is 1. The summed E-state index contributed by atoms with van der Waals surface area (Å²) < 4.78 is 27.8. The Labute approximate surface area is 152 Å². The molecule has 1 aliphatic heterocycles. The molecule has 0 saturated carbocycles. The minimum Gasteiger partial charge on any atom is -0.508 e. The van der Waals surface area contributed by atoms with E-state index in [9.17, 15) is 18.7 Å². The zero-order valence-electron chi connectivity index (χ0n) is 14.6. The van der Waals surface area contributed by atoms with Crippen molar-refractivity contribution in [2.24, 2.45) is 0 Å². The third-order valence-electron chi connectivity index (χ3n) is 4.29. The van der Waals surface area contributed by atoms with Gasteiger partial charge in [0.1, 0.15) is 17.4 Å². The summed E-state index contributed by atoms with van der Waals surface area (Å²) in [5.74, 6) is -1.11. The van der Waals surface area contributed by atoms with Gasteiger partial charge < -0.3 is 14.9 Å². The largest absolute Gasteiger partial charge is 0.508 e. The van der Waals surface area contributed by atoms with Gasteiger partial charge in [-0.2, -0.15) is 0 Å². The van der Waals surface area contributed by atoms with Crippen LogP contribution in [0.4, 0.5) is 8.78 Å². The van der Waals surface area contributed by atoms with Crippen molar-refractivity contribution in [1.29, 1.82) is 0 Å². The van der Waals surface area contributed by atoms with Crippen LogP contribution < -0.4 is 0 Å². The Morgan fingerprint density at radius 2 is 2.04 bits per heavy atom. The summed E-state index contributed by atoms with van der Waals surface area (Å²) in [6.45, 7) is 0.370. The zero-order chi connectivity index (χ0) is 18.8. The quantitative estimate of drug-likeness (QED) is 0.908. The van der Waals surface area contributed by atoms with Gasteiger partial charge in [0.15, 0.2) is 0 Å². The maximum atomic E-state index is 14.2. The minimum absolute atomic E-state index is 0. The van der Waals surface area contributed by atoms with E-state index in [0.29, 0.717) is 11.1 Å². The highest BCUT2D eigenvalue weighted by molar-refractivity contribution is 5.84. The van der Waals surface area contributed by atoms with Gasteiger partial charge in [-0.25, -0.2) is 8.78 Å². The lowest BCUT2D eigenvalue weighted by Gasteiger charge is -2.26. The second kappa shape index (κ2) is 7.25. The van der Waals surface area contributed by atoms with E-state index in [-0.39, 0.29) is 31.7 Å². The van der Waals surface area contributed by atoms with Gasteiger partial charge in [-0.1, -0.05) is 18.2 Å². The molecule has 1 atom stereocenters. The Balaban J connectivity index is 0.00000261. The van der Waals surface area contributed by atoms with E-state index in [4.69, 9.17) is 0 Å². The van der Waals surface area contributed by atoms with Crippen molar-refractivity contribution in [3.05, 3.63) is 71.3 Å². The molecule has 1 N–H and O–H groups in total. The van der Waals surface area contributed by atoms with Crippen molar-refractivity contribution < 1.29 is 20.1 Å². The van der Waals surface area contributed by atoms with Gasteiger partial charge in [-0.3, -0.25) is 4.79 Å². The lowest BCUT2D eigenvalue weighted by molar-refractivity contribution is -0.132. The van der Waals surface area contributed by atoms with Crippen LogP contribution in [0.2, 0.25) is 0 Å². The van der Waals surface area contributed by atoms with E-state index in [2.05, 4.69) is 0 Å². The van der Waals surface area contributed by atoms with Gasteiger partial charge in [0.2, 0.25) is 5.91 Å². The molecule has 0 radical (unpaired) electrons. The van der Waals surface area contributed by atoms with Gasteiger partial charge in [0.25, 0.3) is 0 Å². The molecular weight excluding hydrogens is 338 g/mol. The van der Waals surface area contributed by atoms with Crippen molar-refractivity contribution in [1.82, 2.24) is 9.80 Å². The fourth-order valence-corrected chi connectivity index (χ4v) is 3.12. The number of carbonyl (C=O) groups is 1. The van der Waals surface area contributed by atoms with Crippen LogP contribution >= 0.6 is 0 Å². The molecule has 0 saturated heterocycles. The first-order valence-corrected chi connectivity index (χ1v) is 8.24. The van der Waals surface area contributed by atoms with Crippen LogP contribution in [0.5, 0.6) is 5.75 Å². The molecule has 26 heavy (non-hydrogen) atoms. The minimum atomic E-state index is -0.533. The summed E-state index contributed by atoms with van der Waals surface area (Å²) in [6, 6.07) is 9.43. The first-order chi connectivity index (χ1) is 12.3. The van der Waals surface area contributed by atoms with Crippen LogP contribution in [0, 0.1) is 11.6 Å². The number of phenolic OH excluding ortho intramolecular Hbond substituents is 1. The van der Waals surface area contributed by atoms with Gasteiger partial charge in [-0.05, 0) is 55.6 Å². The normalized spacial score (nSPS) is 16.9. The Kier molecular flexibility index (Phi) is 5.04. The highest BCUT2D eigenvalue weighted by atomic mass is 19.1. The van der Waals surface area contributed by atoms with E-state index >= 15 is 0 Å². The molecule has 2 aromatic carbocycles. The lowest BCUT2D eigenvalue weighted by atomic mass is 10.0. The summed E-state index contributed by atoms with van der Waals surface area (Å²) in [4.78, 5) is 16.0. The van der Waals surface area contributed by atoms with E-state index < -0.39 is 17.7 Å². The number of likely N-dealkylation sites (N-methyl/N-ethyl adjacent to an activating group) is 1. The van der Waals surface area contributed by atoms with E-state index in [1.165, 1.54) is 0 Å². The average Bonchev–Trinajstić information content (AvgIpc) is 3.02. The maximum Gasteiger partial charge on any atom is 0.237 e. The summed E-state index contributed by atoms with van der Waals surface area (Å²) in [7, 11) is 3.58. The second-order valence-corrected chi connectivity index (χ2v) is 6.62. The standard InChI is InChI=1S/C20H20F2N2O2.H2/c1-23(2)12-20(26)24-11-14(17-10-15(21)6-7-18(17)22)9-19(24)13-4-3-5-16(25)8-13;/h3-10,19,25H,11-12H2,1-2H3;1H/t19-;/m0./s1. The molecule has 2 aromatic rings. The number of halogens is 2. The van der Waals surface area contributed by atoms with Crippen LogP contribution in [0.3, 0.4) is 0 Å². The summed E-state index contributed by atoms with van der Waals surface area (Å²) in [6.07, 6.45) is 1.75.